The number of thiazole rings is 1. The number of aromatic nitrogens is 1. The van der Waals surface area contributed by atoms with Crippen molar-refractivity contribution in [1.82, 2.24) is 4.98 Å². The van der Waals surface area contributed by atoms with E-state index >= 15 is 0 Å². The topological polar surface area (TPSA) is 62.2 Å². The molecule has 0 unspecified atom stereocenters. The molecule has 0 saturated heterocycles. The minimum Gasteiger partial charge on any atom is -0.476 e. The molecule has 0 radical (unpaired) electrons. The van der Waals surface area contributed by atoms with E-state index in [2.05, 4.69) is 10.3 Å². The van der Waals surface area contributed by atoms with Gasteiger partial charge in [0, 0.05) is 6.54 Å². The third-order valence-electron chi connectivity index (χ3n) is 2.21. The number of carbonyl (C=O) groups is 1. The molecule has 0 spiro atoms. The van der Waals surface area contributed by atoms with Gasteiger partial charge in [0.05, 0.1) is 5.51 Å². The first-order chi connectivity index (χ1) is 8.58. The molecule has 1 aromatic carbocycles. The molecule has 7 heteroatoms. The molecular weight excluding hydrogens is 262 g/mol. The van der Waals surface area contributed by atoms with Gasteiger partial charge in [0.25, 0.3) is 0 Å². The van der Waals surface area contributed by atoms with E-state index in [-0.39, 0.29) is 12.2 Å². The molecule has 2 N–H and O–H groups in total. The molecule has 0 atom stereocenters. The minimum absolute atomic E-state index is 0.0809. The van der Waals surface area contributed by atoms with Crippen molar-refractivity contribution in [2.24, 2.45) is 0 Å². The molecular formula is C11H8F2N2O2S. The number of rotatable bonds is 4. The van der Waals surface area contributed by atoms with E-state index in [1.54, 1.807) is 0 Å². The molecule has 0 aliphatic carbocycles. The average Bonchev–Trinajstić information content (AvgIpc) is 2.79. The molecule has 1 heterocycles. The maximum absolute atomic E-state index is 12.9. The molecule has 0 saturated carbocycles. The van der Waals surface area contributed by atoms with E-state index in [0.717, 1.165) is 23.5 Å². The number of carboxylic acids is 1. The molecule has 0 bridgehead atoms. The van der Waals surface area contributed by atoms with Gasteiger partial charge in [0.1, 0.15) is 5.00 Å². The lowest BCUT2D eigenvalue weighted by atomic mass is 10.2. The van der Waals surface area contributed by atoms with Crippen LogP contribution < -0.4 is 5.32 Å². The molecule has 0 aliphatic heterocycles. The Hall–Kier alpha value is -2.02. The fourth-order valence-electron chi connectivity index (χ4n) is 1.36. The maximum atomic E-state index is 12.9. The van der Waals surface area contributed by atoms with Crippen LogP contribution in [-0.2, 0) is 6.54 Å². The van der Waals surface area contributed by atoms with E-state index in [0.29, 0.717) is 10.6 Å². The number of hydrogen-bond acceptors (Lipinski definition) is 4. The fraction of sp³-hybridized carbons (Fsp3) is 0.0909. The van der Waals surface area contributed by atoms with Crippen molar-refractivity contribution in [1.29, 1.82) is 0 Å². The molecule has 2 aromatic rings. The zero-order valence-corrected chi connectivity index (χ0v) is 9.80. The van der Waals surface area contributed by atoms with Crippen LogP contribution in [-0.4, -0.2) is 16.1 Å². The Morgan fingerprint density at radius 2 is 2.17 bits per heavy atom. The first-order valence-electron chi connectivity index (χ1n) is 4.92. The van der Waals surface area contributed by atoms with Crippen LogP contribution in [0.5, 0.6) is 0 Å². The Labute approximate surface area is 105 Å². The quantitative estimate of drug-likeness (QED) is 0.896. The van der Waals surface area contributed by atoms with Crippen LogP contribution in [0.1, 0.15) is 16.1 Å². The van der Waals surface area contributed by atoms with Crippen molar-refractivity contribution in [2.45, 2.75) is 6.54 Å². The summed E-state index contributed by atoms with van der Waals surface area (Å²) in [6, 6.07) is 3.51. The summed E-state index contributed by atoms with van der Waals surface area (Å²) in [7, 11) is 0. The third kappa shape index (κ3) is 2.62. The monoisotopic (exact) mass is 270 g/mol. The van der Waals surface area contributed by atoms with Gasteiger partial charge < -0.3 is 10.4 Å². The first kappa shape index (κ1) is 12.4. The summed E-state index contributed by atoms with van der Waals surface area (Å²) in [6.07, 6.45) is 0. The van der Waals surface area contributed by atoms with Crippen LogP contribution in [0.15, 0.2) is 23.7 Å². The van der Waals surface area contributed by atoms with Crippen LogP contribution in [0.25, 0.3) is 0 Å². The Morgan fingerprint density at radius 1 is 1.39 bits per heavy atom. The zero-order chi connectivity index (χ0) is 13.1. The SMILES string of the molecule is O=C(O)c1ncsc1NCc1ccc(F)c(F)c1. The van der Waals surface area contributed by atoms with Crippen molar-refractivity contribution < 1.29 is 18.7 Å². The van der Waals surface area contributed by atoms with Crippen molar-refractivity contribution in [2.75, 3.05) is 5.32 Å². The van der Waals surface area contributed by atoms with Gasteiger partial charge in [0.2, 0.25) is 0 Å². The van der Waals surface area contributed by atoms with Gasteiger partial charge in [-0.1, -0.05) is 6.07 Å². The average molecular weight is 270 g/mol. The van der Waals surface area contributed by atoms with Crippen LogP contribution >= 0.6 is 11.3 Å². The standard InChI is InChI=1S/C11H8F2N2O2S/c12-7-2-1-6(3-8(7)13)4-14-10-9(11(16)17)15-5-18-10/h1-3,5,14H,4H2,(H,16,17). The van der Waals surface area contributed by atoms with E-state index in [4.69, 9.17) is 5.11 Å². The molecule has 94 valence electrons. The number of hydrogen-bond donors (Lipinski definition) is 2. The van der Waals surface area contributed by atoms with Crippen molar-refractivity contribution in [3.8, 4) is 0 Å². The van der Waals surface area contributed by atoms with Gasteiger partial charge in [-0.2, -0.15) is 0 Å². The predicted octanol–water partition coefficient (Wildman–Crippen LogP) is 2.73. The second-order valence-corrected chi connectivity index (χ2v) is 4.29. The van der Waals surface area contributed by atoms with Crippen LogP contribution in [0, 0.1) is 11.6 Å². The normalized spacial score (nSPS) is 10.3. The highest BCUT2D eigenvalue weighted by atomic mass is 32.1. The summed E-state index contributed by atoms with van der Waals surface area (Å²) in [5.41, 5.74) is 1.83. The summed E-state index contributed by atoms with van der Waals surface area (Å²) in [6.45, 7) is 0.194. The summed E-state index contributed by atoms with van der Waals surface area (Å²) in [5.74, 6) is -2.98. The molecule has 0 fully saturated rings. The lowest BCUT2D eigenvalue weighted by Crippen LogP contribution is -2.05. The smallest absolute Gasteiger partial charge is 0.357 e. The second kappa shape index (κ2) is 5.09. The van der Waals surface area contributed by atoms with Gasteiger partial charge in [-0.25, -0.2) is 18.6 Å². The van der Waals surface area contributed by atoms with Gasteiger partial charge >= 0.3 is 5.97 Å². The third-order valence-corrected chi connectivity index (χ3v) is 2.99. The number of carboxylic acid groups (broad SMARTS) is 1. The van der Waals surface area contributed by atoms with Gasteiger partial charge in [0.15, 0.2) is 17.3 Å². The van der Waals surface area contributed by atoms with E-state index in [1.165, 1.54) is 11.6 Å². The number of aromatic carboxylic acids is 1. The van der Waals surface area contributed by atoms with E-state index < -0.39 is 17.6 Å². The first-order valence-corrected chi connectivity index (χ1v) is 5.80. The lowest BCUT2D eigenvalue weighted by Gasteiger charge is -2.05. The highest BCUT2D eigenvalue weighted by Gasteiger charge is 2.13. The van der Waals surface area contributed by atoms with Crippen LogP contribution in [0.3, 0.4) is 0 Å². The number of anilines is 1. The van der Waals surface area contributed by atoms with Gasteiger partial charge in [-0.3, -0.25) is 0 Å². The molecule has 4 nitrogen and oxygen atoms in total. The van der Waals surface area contributed by atoms with E-state index in [1.807, 2.05) is 0 Å². The Morgan fingerprint density at radius 3 is 2.83 bits per heavy atom. The fourth-order valence-corrected chi connectivity index (χ4v) is 2.03. The number of benzene rings is 1. The van der Waals surface area contributed by atoms with Crippen molar-refractivity contribution in [3.05, 3.63) is 46.6 Å². The minimum atomic E-state index is -1.14. The summed E-state index contributed by atoms with van der Waals surface area (Å²) in [4.78, 5) is 14.5. The Bertz CT molecular complexity index is 586. The lowest BCUT2D eigenvalue weighted by molar-refractivity contribution is 0.0692. The predicted molar refractivity (Wildman–Crippen MR) is 62.8 cm³/mol. The molecule has 2 rings (SSSR count). The maximum Gasteiger partial charge on any atom is 0.357 e. The van der Waals surface area contributed by atoms with Crippen molar-refractivity contribution >= 4 is 22.3 Å². The largest absolute Gasteiger partial charge is 0.476 e. The van der Waals surface area contributed by atoms with Gasteiger partial charge in [-0.05, 0) is 17.7 Å². The molecule has 0 aliphatic rings. The van der Waals surface area contributed by atoms with Gasteiger partial charge in [-0.15, -0.1) is 11.3 Å². The summed E-state index contributed by atoms with van der Waals surface area (Å²) >= 11 is 1.13. The van der Waals surface area contributed by atoms with E-state index in [9.17, 15) is 13.6 Å². The Balaban J connectivity index is 2.09. The Kier molecular flexibility index (Phi) is 3.52. The molecule has 1 aromatic heterocycles. The highest BCUT2D eigenvalue weighted by Crippen LogP contribution is 2.21. The summed E-state index contributed by atoms with van der Waals surface area (Å²) < 4.78 is 25.6. The van der Waals surface area contributed by atoms with Crippen LogP contribution in [0.4, 0.5) is 13.8 Å². The van der Waals surface area contributed by atoms with Crippen LogP contribution in [0.2, 0.25) is 0 Å². The molecule has 18 heavy (non-hydrogen) atoms. The van der Waals surface area contributed by atoms with Crippen molar-refractivity contribution in [3.63, 3.8) is 0 Å². The molecule has 0 amide bonds. The second-order valence-electron chi connectivity index (χ2n) is 3.44. The summed E-state index contributed by atoms with van der Waals surface area (Å²) in [5, 5.41) is 12.0. The zero-order valence-electron chi connectivity index (χ0n) is 8.98. The number of halogens is 2. The number of nitrogens with one attached hydrogen (secondary N) is 1. The number of nitrogens with zero attached hydrogens (tertiary/aromatic N) is 1. The highest BCUT2D eigenvalue weighted by molar-refractivity contribution is 7.14.